The Labute approximate surface area is 144 Å². The smallest absolute Gasteiger partial charge is 0.160 e. The number of hydrogen-bond donors (Lipinski definition) is 1. The standard InChI is InChI=1S/C20H27NO3/c1-4-10-24-18-7-5-6-16(13-18)17(14-21)11-15-8-9-19(22-2)20(12-15)23-3/h5-9,12-13,17H,4,10-11,14,21H2,1-3H3. The third kappa shape index (κ3) is 4.65. The van der Waals surface area contributed by atoms with Gasteiger partial charge in [0.15, 0.2) is 11.5 Å². The fraction of sp³-hybridized carbons (Fsp3) is 0.400. The minimum absolute atomic E-state index is 0.230. The van der Waals surface area contributed by atoms with E-state index in [1.165, 1.54) is 11.1 Å². The molecule has 0 aliphatic rings. The topological polar surface area (TPSA) is 53.7 Å². The molecule has 0 amide bonds. The van der Waals surface area contributed by atoms with Crippen molar-refractivity contribution in [2.75, 3.05) is 27.4 Å². The summed E-state index contributed by atoms with van der Waals surface area (Å²) >= 11 is 0. The van der Waals surface area contributed by atoms with Crippen molar-refractivity contribution in [3.63, 3.8) is 0 Å². The van der Waals surface area contributed by atoms with Crippen molar-refractivity contribution in [2.45, 2.75) is 25.7 Å². The third-order valence-electron chi connectivity index (χ3n) is 4.02. The monoisotopic (exact) mass is 329 g/mol. The molecule has 2 rings (SSSR count). The molecule has 2 N–H and O–H groups in total. The van der Waals surface area contributed by atoms with Crippen LogP contribution < -0.4 is 19.9 Å². The van der Waals surface area contributed by atoms with Crippen LogP contribution in [0.3, 0.4) is 0 Å². The molecule has 0 saturated carbocycles. The Morgan fingerprint density at radius 3 is 2.46 bits per heavy atom. The van der Waals surface area contributed by atoms with E-state index in [1.54, 1.807) is 14.2 Å². The Bertz CT molecular complexity index is 643. The maximum Gasteiger partial charge on any atom is 0.160 e. The van der Waals surface area contributed by atoms with Crippen LogP contribution in [0.15, 0.2) is 42.5 Å². The van der Waals surface area contributed by atoms with Crippen LogP contribution in [-0.2, 0) is 6.42 Å². The second-order valence-corrected chi connectivity index (χ2v) is 5.75. The van der Waals surface area contributed by atoms with Gasteiger partial charge in [-0.05, 0) is 54.8 Å². The fourth-order valence-corrected chi connectivity index (χ4v) is 2.71. The normalized spacial score (nSPS) is 11.8. The quantitative estimate of drug-likeness (QED) is 0.761. The molecular weight excluding hydrogens is 302 g/mol. The molecule has 2 aromatic rings. The van der Waals surface area contributed by atoms with Gasteiger partial charge >= 0.3 is 0 Å². The van der Waals surface area contributed by atoms with Gasteiger partial charge in [-0.25, -0.2) is 0 Å². The first-order chi connectivity index (χ1) is 11.7. The molecule has 0 aliphatic carbocycles. The lowest BCUT2D eigenvalue weighted by molar-refractivity contribution is 0.317. The van der Waals surface area contributed by atoms with Crippen LogP contribution in [0.1, 0.15) is 30.4 Å². The molecule has 2 aromatic carbocycles. The molecule has 0 fully saturated rings. The molecule has 1 unspecified atom stereocenters. The molecule has 0 heterocycles. The van der Waals surface area contributed by atoms with E-state index in [1.807, 2.05) is 24.3 Å². The van der Waals surface area contributed by atoms with E-state index in [9.17, 15) is 0 Å². The Hall–Kier alpha value is -2.20. The van der Waals surface area contributed by atoms with Crippen LogP contribution in [0, 0.1) is 0 Å². The highest BCUT2D eigenvalue weighted by molar-refractivity contribution is 5.43. The van der Waals surface area contributed by atoms with Gasteiger partial charge in [-0.15, -0.1) is 0 Å². The van der Waals surface area contributed by atoms with Crippen molar-refractivity contribution in [1.29, 1.82) is 0 Å². The van der Waals surface area contributed by atoms with Gasteiger partial charge in [0.2, 0.25) is 0 Å². The lowest BCUT2D eigenvalue weighted by atomic mass is 9.92. The highest BCUT2D eigenvalue weighted by atomic mass is 16.5. The zero-order chi connectivity index (χ0) is 17.4. The minimum Gasteiger partial charge on any atom is -0.494 e. The lowest BCUT2D eigenvalue weighted by Gasteiger charge is -2.17. The molecule has 0 aromatic heterocycles. The summed E-state index contributed by atoms with van der Waals surface area (Å²) in [7, 11) is 3.29. The molecule has 130 valence electrons. The summed E-state index contributed by atoms with van der Waals surface area (Å²) in [6, 6.07) is 14.2. The van der Waals surface area contributed by atoms with Crippen molar-refractivity contribution in [2.24, 2.45) is 5.73 Å². The van der Waals surface area contributed by atoms with Crippen LogP contribution in [0.25, 0.3) is 0 Å². The van der Waals surface area contributed by atoms with Crippen LogP contribution in [-0.4, -0.2) is 27.4 Å². The lowest BCUT2D eigenvalue weighted by Crippen LogP contribution is -2.15. The van der Waals surface area contributed by atoms with E-state index >= 15 is 0 Å². The van der Waals surface area contributed by atoms with Gasteiger partial charge in [0, 0.05) is 5.92 Å². The van der Waals surface area contributed by atoms with Gasteiger partial charge in [-0.2, -0.15) is 0 Å². The molecule has 0 spiro atoms. The van der Waals surface area contributed by atoms with Crippen LogP contribution >= 0.6 is 0 Å². The van der Waals surface area contributed by atoms with Gasteiger partial charge in [0.05, 0.1) is 20.8 Å². The minimum atomic E-state index is 0.230. The number of methoxy groups -OCH3 is 2. The summed E-state index contributed by atoms with van der Waals surface area (Å²) < 4.78 is 16.4. The van der Waals surface area contributed by atoms with E-state index in [2.05, 4.69) is 25.1 Å². The summed E-state index contributed by atoms with van der Waals surface area (Å²) in [4.78, 5) is 0. The van der Waals surface area contributed by atoms with Crippen molar-refractivity contribution in [3.05, 3.63) is 53.6 Å². The highest BCUT2D eigenvalue weighted by Crippen LogP contribution is 2.30. The molecule has 0 saturated heterocycles. The SMILES string of the molecule is CCCOc1cccc(C(CN)Cc2ccc(OC)c(OC)c2)c1. The largest absolute Gasteiger partial charge is 0.494 e. The summed E-state index contributed by atoms with van der Waals surface area (Å²) in [5, 5.41) is 0. The van der Waals surface area contributed by atoms with Gasteiger partial charge in [-0.1, -0.05) is 25.1 Å². The predicted octanol–water partition coefficient (Wildman–Crippen LogP) is 3.78. The first-order valence-corrected chi connectivity index (χ1v) is 8.35. The number of hydrogen-bond acceptors (Lipinski definition) is 4. The Morgan fingerprint density at radius 1 is 1.00 bits per heavy atom. The second-order valence-electron chi connectivity index (χ2n) is 5.75. The molecule has 0 aliphatic heterocycles. The van der Waals surface area contributed by atoms with Crippen LogP contribution in [0.4, 0.5) is 0 Å². The summed E-state index contributed by atoms with van der Waals surface area (Å²) in [5.74, 6) is 2.61. The zero-order valence-electron chi connectivity index (χ0n) is 14.7. The molecule has 4 nitrogen and oxygen atoms in total. The number of benzene rings is 2. The van der Waals surface area contributed by atoms with Crippen molar-refractivity contribution in [1.82, 2.24) is 0 Å². The average Bonchev–Trinajstić information content (AvgIpc) is 2.64. The molecular formula is C20H27NO3. The van der Waals surface area contributed by atoms with E-state index in [4.69, 9.17) is 19.9 Å². The first-order valence-electron chi connectivity index (χ1n) is 8.35. The Kier molecular flexibility index (Phi) is 6.94. The summed E-state index contributed by atoms with van der Waals surface area (Å²) in [5.41, 5.74) is 8.40. The van der Waals surface area contributed by atoms with Gasteiger partial charge in [0.1, 0.15) is 5.75 Å². The highest BCUT2D eigenvalue weighted by Gasteiger charge is 2.13. The first kappa shape index (κ1) is 18.1. The molecule has 4 heteroatoms. The second kappa shape index (κ2) is 9.18. The molecule has 24 heavy (non-hydrogen) atoms. The molecule has 1 atom stereocenters. The van der Waals surface area contributed by atoms with E-state index in [0.717, 1.165) is 36.7 Å². The van der Waals surface area contributed by atoms with E-state index < -0.39 is 0 Å². The molecule has 0 bridgehead atoms. The van der Waals surface area contributed by atoms with Crippen LogP contribution in [0.5, 0.6) is 17.2 Å². The Morgan fingerprint density at radius 2 is 1.79 bits per heavy atom. The van der Waals surface area contributed by atoms with Crippen LogP contribution in [0.2, 0.25) is 0 Å². The van der Waals surface area contributed by atoms with Crippen molar-refractivity contribution >= 4 is 0 Å². The number of ether oxygens (including phenoxy) is 3. The Balaban J connectivity index is 2.17. The van der Waals surface area contributed by atoms with Gasteiger partial charge < -0.3 is 19.9 Å². The fourth-order valence-electron chi connectivity index (χ4n) is 2.71. The average molecular weight is 329 g/mol. The maximum absolute atomic E-state index is 6.03. The molecule has 0 radical (unpaired) electrons. The van der Waals surface area contributed by atoms with Crippen molar-refractivity contribution in [3.8, 4) is 17.2 Å². The van der Waals surface area contributed by atoms with E-state index in [-0.39, 0.29) is 5.92 Å². The predicted molar refractivity (Wildman–Crippen MR) is 97.3 cm³/mol. The van der Waals surface area contributed by atoms with Gasteiger partial charge in [0.25, 0.3) is 0 Å². The number of nitrogens with two attached hydrogens (primary N) is 1. The third-order valence-corrected chi connectivity index (χ3v) is 4.02. The summed E-state index contributed by atoms with van der Waals surface area (Å²) in [6.07, 6.45) is 1.84. The van der Waals surface area contributed by atoms with E-state index in [0.29, 0.717) is 6.54 Å². The number of rotatable bonds is 9. The van der Waals surface area contributed by atoms with Gasteiger partial charge in [-0.3, -0.25) is 0 Å². The van der Waals surface area contributed by atoms with Crippen molar-refractivity contribution < 1.29 is 14.2 Å². The summed E-state index contributed by atoms with van der Waals surface area (Å²) in [6.45, 7) is 3.40. The zero-order valence-corrected chi connectivity index (χ0v) is 14.7. The maximum atomic E-state index is 6.03.